The molecule has 0 aromatic rings. The van der Waals surface area contributed by atoms with Crippen molar-refractivity contribution in [1.29, 1.82) is 0 Å². The fourth-order valence-corrected chi connectivity index (χ4v) is 3.14. The minimum Gasteiger partial charge on any atom is -0.312 e. The number of nitrogens with zero attached hydrogens (tertiary/aromatic N) is 1. The molecule has 2 heterocycles. The largest absolute Gasteiger partial charge is 0.312 e. The van der Waals surface area contributed by atoms with Gasteiger partial charge in [0.1, 0.15) is 0 Å². The molecule has 0 unspecified atom stereocenters. The molecule has 0 spiro atoms. The predicted octanol–water partition coefficient (Wildman–Crippen LogP) is -1.26. The van der Waals surface area contributed by atoms with Crippen molar-refractivity contribution in [1.82, 2.24) is 14.3 Å². The Morgan fingerprint density at radius 3 is 2.85 bits per heavy atom. The molecule has 0 radical (unpaired) electrons. The summed E-state index contributed by atoms with van der Waals surface area (Å²) in [6.07, 6.45) is 1.10. The molecule has 0 saturated carbocycles. The van der Waals surface area contributed by atoms with Gasteiger partial charge in [0, 0.05) is 26.2 Å². The normalized spacial score (nSPS) is 35.2. The number of rotatable bonds is 2. The van der Waals surface area contributed by atoms with E-state index in [2.05, 4.69) is 10.0 Å². The molecule has 6 heteroatoms. The van der Waals surface area contributed by atoms with Crippen LogP contribution in [0.5, 0.6) is 0 Å². The van der Waals surface area contributed by atoms with Gasteiger partial charge in [0.2, 0.25) is 0 Å². The minimum absolute atomic E-state index is 0.378. The highest BCUT2D eigenvalue weighted by Gasteiger charge is 2.40. The summed E-state index contributed by atoms with van der Waals surface area (Å²) in [7, 11) is -1.74. The van der Waals surface area contributed by atoms with Crippen LogP contribution in [0.25, 0.3) is 0 Å². The highest BCUT2D eigenvalue weighted by molar-refractivity contribution is 7.87. The molecule has 5 nitrogen and oxygen atoms in total. The second kappa shape index (κ2) is 3.20. The van der Waals surface area contributed by atoms with E-state index < -0.39 is 10.2 Å². The van der Waals surface area contributed by atoms with Gasteiger partial charge >= 0.3 is 0 Å². The van der Waals surface area contributed by atoms with Crippen molar-refractivity contribution in [2.75, 3.05) is 26.7 Å². The summed E-state index contributed by atoms with van der Waals surface area (Å²) in [5, 5.41) is 3.31. The predicted molar refractivity (Wildman–Crippen MR) is 49.5 cm³/mol. The highest BCUT2D eigenvalue weighted by atomic mass is 32.2. The maximum Gasteiger partial charge on any atom is 0.279 e. The summed E-state index contributed by atoms with van der Waals surface area (Å²) >= 11 is 0. The molecule has 2 aliphatic rings. The molecule has 2 N–H and O–H groups in total. The van der Waals surface area contributed by atoms with Gasteiger partial charge < -0.3 is 5.32 Å². The molecule has 2 aliphatic heterocycles. The number of fused-ring (bicyclic) bond motifs is 1. The van der Waals surface area contributed by atoms with Crippen LogP contribution >= 0.6 is 0 Å². The van der Waals surface area contributed by atoms with E-state index in [1.54, 1.807) is 0 Å². The first-order valence-electron chi connectivity index (χ1n) is 4.55. The monoisotopic (exact) mass is 205 g/mol. The lowest BCUT2D eigenvalue weighted by molar-refractivity contribution is 0.442. The van der Waals surface area contributed by atoms with Gasteiger partial charge in [0.15, 0.2) is 0 Å². The second-order valence-electron chi connectivity index (χ2n) is 3.64. The number of hydrogen-bond donors (Lipinski definition) is 2. The van der Waals surface area contributed by atoms with Crippen LogP contribution in [0.15, 0.2) is 0 Å². The average molecular weight is 205 g/mol. The summed E-state index contributed by atoms with van der Waals surface area (Å²) in [4.78, 5) is 0. The number of nitrogens with one attached hydrogen (secondary N) is 2. The van der Waals surface area contributed by atoms with Crippen molar-refractivity contribution < 1.29 is 8.42 Å². The van der Waals surface area contributed by atoms with Gasteiger partial charge in [-0.3, -0.25) is 0 Å². The summed E-state index contributed by atoms with van der Waals surface area (Å²) < 4.78 is 26.7. The van der Waals surface area contributed by atoms with Gasteiger partial charge in [0.05, 0.1) is 0 Å². The third-order valence-electron chi connectivity index (χ3n) is 2.93. The Balaban J connectivity index is 2.07. The molecule has 2 atom stereocenters. The fourth-order valence-electron chi connectivity index (χ4n) is 2.13. The topological polar surface area (TPSA) is 61.4 Å². The van der Waals surface area contributed by atoms with Crippen LogP contribution in [-0.2, 0) is 10.2 Å². The molecule has 0 aromatic heterocycles. The first-order chi connectivity index (χ1) is 6.13. The van der Waals surface area contributed by atoms with E-state index in [1.165, 1.54) is 11.4 Å². The van der Waals surface area contributed by atoms with Gasteiger partial charge in [-0.25, -0.2) is 4.72 Å². The second-order valence-corrected chi connectivity index (χ2v) is 5.51. The Kier molecular flexibility index (Phi) is 2.31. The zero-order valence-electron chi connectivity index (χ0n) is 7.66. The van der Waals surface area contributed by atoms with Crippen molar-refractivity contribution in [3.05, 3.63) is 0 Å². The third kappa shape index (κ3) is 1.59. The summed E-state index contributed by atoms with van der Waals surface area (Å²) in [5.74, 6) is 0.517. The lowest BCUT2D eigenvalue weighted by Crippen LogP contribution is -2.39. The van der Waals surface area contributed by atoms with E-state index in [0.29, 0.717) is 25.0 Å². The van der Waals surface area contributed by atoms with Gasteiger partial charge in [-0.15, -0.1) is 0 Å². The average Bonchev–Trinajstić information content (AvgIpc) is 2.61. The van der Waals surface area contributed by atoms with Crippen LogP contribution in [0, 0.1) is 5.92 Å². The third-order valence-corrected chi connectivity index (χ3v) is 4.42. The lowest BCUT2D eigenvalue weighted by atomic mass is 10.1. The van der Waals surface area contributed by atoms with Crippen LogP contribution in [0.3, 0.4) is 0 Å². The molecule has 0 amide bonds. The summed E-state index contributed by atoms with van der Waals surface area (Å²) in [6, 6.07) is 0.378. The van der Waals surface area contributed by atoms with E-state index in [9.17, 15) is 8.42 Å². The quantitative estimate of drug-likeness (QED) is 0.592. The van der Waals surface area contributed by atoms with Crippen molar-refractivity contribution in [3.8, 4) is 0 Å². The summed E-state index contributed by atoms with van der Waals surface area (Å²) in [5.41, 5.74) is 0. The molecule has 0 bridgehead atoms. The maximum absolute atomic E-state index is 11.4. The smallest absolute Gasteiger partial charge is 0.279 e. The van der Waals surface area contributed by atoms with E-state index in [-0.39, 0.29) is 0 Å². The Morgan fingerprint density at radius 2 is 2.23 bits per heavy atom. The van der Waals surface area contributed by atoms with Crippen molar-refractivity contribution >= 4 is 10.2 Å². The van der Waals surface area contributed by atoms with Crippen molar-refractivity contribution in [2.45, 2.75) is 12.5 Å². The van der Waals surface area contributed by atoms with Crippen LogP contribution in [0.2, 0.25) is 0 Å². The van der Waals surface area contributed by atoms with Crippen LogP contribution in [0.4, 0.5) is 0 Å². The molecular weight excluding hydrogens is 190 g/mol. The lowest BCUT2D eigenvalue weighted by Gasteiger charge is -2.15. The van der Waals surface area contributed by atoms with Crippen molar-refractivity contribution in [2.24, 2.45) is 5.92 Å². The zero-order chi connectivity index (χ0) is 9.47. The molecule has 13 heavy (non-hydrogen) atoms. The first kappa shape index (κ1) is 9.39. The highest BCUT2D eigenvalue weighted by Crippen LogP contribution is 2.25. The first-order valence-corrected chi connectivity index (χ1v) is 5.99. The van der Waals surface area contributed by atoms with Crippen molar-refractivity contribution in [3.63, 3.8) is 0 Å². The minimum atomic E-state index is -3.20. The fraction of sp³-hybridized carbons (Fsp3) is 1.00. The van der Waals surface area contributed by atoms with E-state index >= 15 is 0 Å². The molecule has 2 saturated heterocycles. The number of hydrogen-bond acceptors (Lipinski definition) is 3. The Morgan fingerprint density at radius 1 is 1.46 bits per heavy atom. The molecule has 0 aliphatic carbocycles. The summed E-state index contributed by atoms with van der Waals surface area (Å²) in [6.45, 7) is 2.32. The molecule has 2 fully saturated rings. The van der Waals surface area contributed by atoms with E-state index in [1.807, 2.05) is 0 Å². The van der Waals surface area contributed by atoms with Gasteiger partial charge in [-0.2, -0.15) is 12.7 Å². The Bertz CT molecular complexity index is 278. The molecule has 0 aromatic carbocycles. The van der Waals surface area contributed by atoms with Gasteiger partial charge in [0.25, 0.3) is 10.2 Å². The van der Waals surface area contributed by atoms with E-state index in [4.69, 9.17) is 0 Å². The van der Waals surface area contributed by atoms with Crippen LogP contribution in [0.1, 0.15) is 6.42 Å². The standard InChI is InChI=1S/C7H15N3O2S/c1-8-13(11,12)10-4-6-2-3-9-7(6)5-10/h6-9H,2-5H2,1H3/t6-,7+/m0/s1. The van der Waals surface area contributed by atoms with Crippen LogP contribution < -0.4 is 10.0 Å². The SMILES string of the molecule is CNS(=O)(=O)N1C[C@@H]2CCN[C@@H]2C1. The van der Waals surface area contributed by atoms with E-state index in [0.717, 1.165) is 13.0 Å². The van der Waals surface area contributed by atoms with Gasteiger partial charge in [-0.1, -0.05) is 0 Å². The van der Waals surface area contributed by atoms with Gasteiger partial charge in [-0.05, 0) is 18.9 Å². The molecular formula is C7H15N3O2S. The Hall–Kier alpha value is -0.170. The maximum atomic E-state index is 11.4. The zero-order valence-corrected chi connectivity index (χ0v) is 8.47. The molecule has 76 valence electrons. The van der Waals surface area contributed by atoms with Crippen LogP contribution in [-0.4, -0.2) is 45.4 Å². The molecule has 2 rings (SSSR count). The Labute approximate surface area is 78.7 Å².